The minimum Gasteiger partial charge on any atom is -0.511 e. The number of imidazole rings is 1. The fraction of sp³-hybridized carbons (Fsp3) is 0.429. The van der Waals surface area contributed by atoms with Crippen LogP contribution in [0, 0.1) is 11.3 Å². The Morgan fingerprint density at radius 1 is 1.36 bits per heavy atom. The predicted octanol–water partition coefficient (Wildman–Crippen LogP) is 4.04. The second-order valence-electron chi connectivity index (χ2n) is 7.69. The molecule has 3 rings (SSSR count). The van der Waals surface area contributed by atoms with Gasteiger partial charge in [-0.05, 0) is 30.4 Å². The van der Waals surface area contributed by atoms with Gasteiger partial charge < -0.3 is 14.8 Å². The molecule has 1 atom stereocenters. The van der Waals surface area contributed by atoms with Crippen molar-refractivity contribution in [2.45, 2.75) is 40.0 Å². The smallest absolute Gasteiger partial charge is 0.316 e. The van der Waals surface area contributed by atoms with Crippen LogP contribution in [0.25, 0.3) is 11.0 Å². The Morgan fingerprint density at radius 3 is 2.71 bits per heavy atom. The molecule has 1 aliphatic carbocycles. The summed E-state index contributed by atoms with van der Waals surface area (Å²) in [6.07, 6.45) is 1.21. The summed E-state index contributed by atoms with van der Waals surface area (Å²) in [7, 11) is 1.28. The van der Waals surface area contributed by atoms with Crippen LogP contribution in [-0.2, 0) is 14.3 Å². The van der Waals surface area contributed by atoms with E-state index in [0.717, 1.165) is 11.0 Å². The Labute approximate surface area is 163 Å². The highest BCUT2D eigenvalue weighted by atomic mass is 16.5. The van der Waals surface area contributed by atoms with Gasteiger partial charge in [-0.15, -0.1) is 0 Å². The molecule has 7 nitrogen and oxygen atoms in total. The van der Waals surface area contributed by atoms with Crippen LogP contribution >= 0.6 is 0 Å². The molecule has 7 heteroatoms. The summed E-state index contributed by atoms with van der Waals surface area (Å²) in [5.74, 6) is -1.62. The van der Waals surface area contributed by atoms with Crippen LogP contribution in [0.1, 0.15) is 40.0 Å². The number of fused-ring (bicyclic) bond motifs is 1. The van der Waals surface area contributed by atoms with Gasteiger partial charge in [0.2, 0.25) is 5.95 Å². The van der Waals surface area contributed by atoms with Crippen molar-refractivity contribution < 1.29 is 19.4 Å². The van der Waals surface area contributed by atoms with Crippen LogP contribution in [0.5, 0.6) is 0 Å². The van der Waals surface area contributed by atoms with Gasteiger partial charge in [-0.1, -0.05) is 32.9 Å². The first-order valence-electron chi connectivity index (χ1n) is 9.35. The molecule has 0 amide bonds. The van der Waals surface area contributed by atoms with E-state index >= 15 is 0 Å². The number of hydrogen-bond donors (Lipinski definition) is 2. The lowest BCUT2D eigenvalue weighted by Gasteiger charge is -2.37. The number of benzene rings is 1. The highest BCUT2D eigenvalue weighted by Gasteiger charge is 2.47. The molecule has 0 aliphatic heterocycles. The summed E-state index contributed by atoms with van der Waals surface area (Å²) >= 11 is 0. The number of allylic oxidation sites excluding steroid dienone is 1. The van der Waals surface area contributed by atoms with E-state index in [2.05, 4.69) is 15.0 Å². The maximum absolute atomic E-state index is 12.8. The lowest BCUT2D eigenvalue weighted by Crippen LogP contribution is -2.41. The first-order chi connectivity index (χ1) is 13.3. The van der Waals surface area contributed by atoms with Crippen LogP contribution < -0.4 is 0 Å². The van der Waals surface area contributed by atoms with Gasteiger partial charge in [0.05, 0.1) is 29.4 Å². The van der Waals surface area contributed by atoms with Crippen molar-refractivity contribution >= 4 is 34.4 Å². The van der Waals surface area contributed by atoms with Gasteiger partial charge in [0.15, 0.2) is 5.78 Å². The van der Waals surface area contributed by atoms with Gasteiger partial charge in [0, 0.05) is 6.42 Å². The number of nitrogens with zero attached hydrogens (tertiary/aromatic N) is 2. The van der Waals surface area contributed by atoms with Gasteiger partial charge in [0.1, 0.15) is 11.7 Å². The monoisotopic (exact) mass is 383 g/mol. The number of H-pyrrole nitrogens is 1. The maximum atomic E-state index is 12.8. The molecule has 148 valence electrons. The van der Waals surface area contributed by atoms with E-state index in [0.29, 0.717) is 24.5 Å². The van der Waals surface area contributed by atoms with Crippen molar-refractivity contribution in [2.24, 2.45) is 16.3 Å². The van der Waals surface area contributed by atoms with Gasteiger partial charge in [0.25, 0.3) is 0 Å². The molecule has 0 saturated heterocycles. The summed E-state index contributed by atoms with van der Waals surface area (Å²) in [5.41, 5.74) is 1.47. The maximum Gasteiger partial charge on any atom is 0.316 e. The lowest BCUT2D eigenvalue weighted by molar-refractivity contribution is -0.149. The molecular formula is C21H25N3O4. The second kappa shape index (κ2) is 7.58. The van der Waals surface area contributed by atoms with Gasteiger partial charge >= 0.3 is 5.97 Å². The molecule has 1 aromatic carbocycles. The molecule has 1 aliphatic rings. The molecular weight excluding hydrogens is 358 g/mol. The molecule has 2 aromatic rings. The lowest BCUT2D eigenvalue weighted by atomic mass is 9.67. The summed E-state index contributed by atoms with van der Waals surface area (Å²) in [6, 6.07) is 7.53. The Kier molecular flexibility index (Phi) is 5.36. The number of para-hydroxylation sites is 2. The average molecular weight is 383 g/mol. The number of Topliss-reactive ketones (excluding diaryl/α,β-unsaturated/α-hetero) is 1. The number of aromatic amines is 1. The van der Waals surface area contributed by atoms with Crippen LogP contribution in [0.15, 0.2) is 40.6 Å². The number of carbonyl (C=O) groups excluding carboxylic acids is 2. The normalized spacial score (nSPS) is 20.6. The summed E-state index contributed by atoms with van der Waals surface area (Å²) < 4.78 is 4.87. The van der Waals surface area contributed by atoms with Crippen molar-refractivity contribution in [2.75, 3.05) is 7.11 Å². The number of methoxy groups -OCH3 is 1. The van der Waals surface area contributed by atoms with E-state index in [4.69, 9.17) is 4.74 Å². The van der Waals surface area contributed by atoms with E-state index < -0.39 is 17.3 Å². The third-order valence-corrected chi connectivity index (χ3v) is 5.03. The Bertz CT molecular complexity index is 951. The minimum absolute atomic E-state index is 0.108. The van der Waals surface area contributed by atoms with E-state index in [1.54, 1.807) is 0 Å². The van der Waals surface area contributed by atoms with Crippen LogP contribution in [0.2, 0.25) is 0 Å². The minimum atomic E-state index is -0.914. The first-order valence-corrected chi connectivity index (χ1v) is 9.35. The predicted molar refractivity (Wildman–Crippen MR) is 107 cm³/mol. The number of nitrogens with one attached hydrogen (secondary N) is 1. The molecule has 1 heterocycles. The number of carbonyl (C=O) groups is 2. The SMILES string of the molecule is CCCC(=O)C1=C(O)[C@H](C(=O)OC)C(C)(C)C/C1=N\c1nc2ccccc2[nH]1. The van der Waals surface area contributed by atoms with Crippen molar-refractivity contribution in [1.29, 1.82) is 0 Å². The number of aliphatic imine (C=N–C) groups is 1. The number of rotatable bonds is 5. The summed E-state index contributed by atoms with van der Waals surface area (Å²) in [4.78, 5) is 37.2. The molecule has 0 saturated carbocycles. The standard InChI is InChI=1S/C21H25N3O4/c1-5-8-15(25)16-14(11-21(2,3)17(18(16)26)19(27)28-4)24-20-22-12-9-6-7-10-13(12)23-20/h6-7,9-10,17,26H,5,8,11H2,1-4H3,(H,22,23)/b24-14+/t17-/m1/s1. The second-order valence-corrected chi connectivity index (χ2v) is 7.69. The quantitative estimate of drug-likeness (QED) is 0.758. The van der Waals surface area contributed by atoms with Crippen LogP contribution in [-0.4, -0.2) is 39.6 Å². The fourth-order valence-electron chi connectivity index (χ4n) is 3.70. The highest BCUT2D eigenvalue weighted by molar-refractivity contribution is 6.24. The third kappa shape index (κ3) is 3.56. The number of hydrogen-bond acceptors (Lipinski definition) is 6. The van der Waals surface area contributed by atoms with Crippen molar-refractivity contribution in [3.63, 3.8) is 0 Å². The highest BCUT2D eigenvalue weighted by Crippen LogP contribution is 2.43. The number of esters is 1. The fourth-order valence-corrected chi connectivity index (χ4v) is 3.70. The zero-order chi connectivity index (χ0) is 20.5. The van der Waals surface area contributed by atoms with E-state index in [1.807, 2.05) is 45.0 Å². The van der Waals surface area contributed by atoms with E-state index in [-0.39, 0.29) is 23.5 Å². The van der Waals surface area contributed by atoms with Gasteiger partial charge in [-0.2, -0.15) is 0 Å². The third-order valence-electron chi connectivity index (χ3n) is 5.03. The molecule has 0 unspecified atom stereocenters. The number of aliphatic hydroxyl groups excluding tert-OH is 1. The number of ketones is 1. The van der Waals surface area contributed by atoms with Crippen molar-refractivity contribution in [3.05, 3.63) is 35.6 Å². The first kappa shape index (κ1) is 19.8. The van der Waals surface area contributed by atoms with E-state index in [9.17, 15) is 14.7 Å². The molecule has 0 fully saturated rings. The number of ether oxygens (including phenoxy) is 1. The molecule has 0 spiro atoms. The Morgan fingerprint density at radius 2 is 2.07 bits per heavy atom. The molecule has 28 heavy (non-hydrogen) atoms. The zero-order valence-corrected chi connectivity index (χ0v) is 16.6. The zero-order valence-electron chi connectivity index (χ0n) is 16.6. The van der Waals surface area contributed by atoms with Crippen molar-refractivity contribution in [3.8, 4) is 0 Å². The molecule has 1 aromatic heterocycles. The largest absolute Gasteiger partial charge is 0.511 e. The Balaban J connectivity index is 2.15. The molecule has 0 bridgehead atoms. The molecule has 0 radical (unpaired) electrons. The van der Waals surface area contributed by atoms with Gasteiger partial charge in [-0.25, -0.2) is 9.98 Å². The topological polar surface area (TPSA) is 105 Å². The van der Waals surface area contributed by atoms with Gasteiger partial charge in [-0.3, -0.25) is 9.59 Å². The summed E-state index contributed by atoms with van der Waals surface area (Å²) in [5, 5.41) is 10.9. The molecule has 2 N–H and O–H groups in total. The average Bonchev–Trinajstić information content (AvgIpc) is 3.02. The number of aliphatic hydroxyl groups is 1. The number of aromatic nitrogens is 2. The van der Waals surface area contributed by atoms with Crippen molar-refractivity contribution in [1.82, 2.24) is 9.97 Å². The summed E-state index contributed by atoms with van der Waals surface area (Å²) in [6.45, 7) is 5.58. The van der Waals surface area contributed by atoms with Crippen LogP contribution in [0.3, 0.4) is 0 Å². The van der Waals surface area contributed by atoms with Crippen LogP contribution in [0.4, 0.5) is 5.95 Å². The van der Waals surface area contributed by atoms with E-state index in [1.165, 1.54) is 7.11 Å². The Hall–Kier alpha value is -2.96.